The second-order valence-electron chi connectivity index (χ2n) is 6.48. The molecule has 11 heteroatoms. The summed E-state index contributed by atoms with van der Waals surface area (Å²) >= 11 is 1.47. The van der Waals surface area contributed by atoms with Gasteiger partial charge in [-0.1, -0.05) is 11.3 Å². The molecule has 0 radical (unpaired) electrons. The second kappa shape index (κ2) is 7.87. The van der Waals surface area contributed by atoms with Crippen molar-refractivity contribution in [3.63, 3.8) is 0 Å². The Balaban J connectivity index is 1.74. The predicted octanol–water partition coefficient (Wildman–Crippen LogP) is 2.26. The van der Waals surface area contributed by atoms with Crippen LogP contribution in [0, 0.1) is 5.82 Å². The molecule has 0 spiro atoms. The first-order valence-electron chi connectivity index (χ1n) is 8.81. The molecule has 0 aliphatic carbocycles. The van der Waals surface area contributed by atoms with Gasteiger partial charge < -0.3 is 0 Å². The lowest BCUT2D eigenvalue weighted by Gasteiger charge is -2.05. The zero-order chi connectivity index (χ0) is 20.4. The van der Waals surface area contributed by atoms with Gasteiger partial charge in [-0.2, -0.15) is 10.2 Å². The molecule has 0 fully saturated rings. The van der Waals surface area contributed by atoms with Crippen molar-refractivity contribution in [2.45, 2.75) is 19.9 Å². The molecule has 0 atom stereocenters. The number of aromatic nitrogens is 7. The third kappa shape index (κ3) is 3.90. The normalized spacial score (nSPS) is 12.5. The Labute approximate surface area is 169 Å². The third-order valence-corrected chi connectivity index (χ3v) is 4.82. The van der Waals surface area contributed by atoms with Crippen LogP contribution in [0.15, 0.2) is 52.5 Å². The minimum Gasteiger partial charge on any atom is -0.255 e. The smallest absolute Gasteiger partial charge is 0.206 e. The summed E-state index contributed by atoms with van der Waals surface area (Å²) < 4.78 is 19.2. The van der Waals surface area contributed by atoms with Crippen LogP contribution in [-0.2, 0) is 7.05 Å². The molecule has 0 unspecified atom stereocenters. The van der Waals surface area contributed by atoms with Gasteiger partial charge in [0.2, 0.25) is 4.80 Å². The third-order valence-electron chi connectivity index (χ3n) is 3.99. The van der Waals surface area contributed by atoms with Crippen molar-refractivity contribution in [3.8, 4) is 17.1 Å². The van der Waals surface area contributed by atoms with Crippen molar-refractivity contribution in [2.75, 3.05) is 0 Å². The van der Waals surface area contributed by atoms with E-state index < -0.39 is 5.82 Å². The van der Waals surface area contributed by atoms with Crippen LogP contribution < -0.4 is 4.80 Å². The SMILES string of the molecule is CC(C)N=c1scc(-c2cnnn2C)n1/N=C/c1ccc(-n2cncn2)c(F)c1. The van der Waals surface area contributed by atoms with Gasteiger partial charge in [-0.3, -0.25) is 4.99 Å². The molecule has 148 valence electrons. The van der Waals surface area contributed by atoms with Gasteiger partial charge in [0.05, 0.1) is 12.4 Å². The summed E-state index contributed by atoms with van der Waals surface area (Å²) in [4.78, 5) is 9.19. The monoisotopic (exact) mass is 411 g/mol. The molecule has 0 bridgehead atoms. The summed E-state index contributed by atoms with van der Waals surface area (Å²) in [7, 11) is 1.81. The van der Waals surface area contributed by atoms with Crippen LogP contribution in [0.5, 0.6) is 0 Å². The van der Waals surface area contributed by atoms with E-state index in [9.17, 15) is 4.39 Å². The van der Waals surface area contributed by atoms with Crippen molar-refractivity contribution in [1.82, 2.24) is 34.4 Å². The van der Waals surface area contributed by atoms with Gasteiger partial charge in [-0.25, -0.2) is 23.4 Å². The lowest BCUT2D eigenvalue weighted by Crippen LogP contribution is -2.15. The highest BCUT2D eigenvalue weighted by Gasteiger charge is 2.12. The maximum absolute atomic E-state index is 14.5. The van der Waals surface area contributed by atoms with Crippen molar-refractivity contribution in [3.05, 3.63) is 58.6 Å². The van der Waals surface area contributed by atoms with Crippen LogP contribution in [0.2, 0.25) is 0 Å². The van der Waals surface area contributed by atoms with E-state index in [2.05, 4.69) is 30.5 Å². The molecule has 4 rings (SSSR count). The summed E-state index contributed by atoms with van der Waals surface area (Å²) in [5.41, 5.74) is 2.53. The molecule has 1 aromatic carbocycles. The molecule has 0 amide bonds. The molecule has 0 aliphatic rings. The van der Waals surface area contributed by atoms with Crippen molar-refractivity contribution in [1.29, 1.82) is 0 Å². The molecule has 0 aliphatic heterocycles. The van der Waals surface area contributed by atoms with E-state index in [-0.39, 0.29) is 6.04 Å². The highest BCUT2D eigenvalue weighted by Crippen LogP contribution is 2.18. The molecule has 9 nitrogen and oxygen atoms in total. The highest BCUT2D eigenvalue weighted by atomic mass is 32.1. The van der Waals surface area contributed by atoms with Crippen LogP contribution >= 0.6 is 11.3 Å². The van der Waals surface area contributed by atoms with Gasteiger partial charge in [0.25, 0.3) is 0 Å². The fourth-order valence-electron chi connectivity index (χ4n) is 2.67. The number of nitrogens with zero attached hydrogens (tertiary/aromatic N) is 9. The molecule has 4 aromatic rings. The van der Waals surface area contributed by atoms with Crippen molar-refractivity contribution in [2.24, 2.45) is 17.1 Å². The number of thiazole rings is 1. The van der Waals surface area contributed by atoms with Gasteiger partial charge >= 0.3 is 0 Å². The first kappa shape index (κ1) is 18.9. The summed E-state index contributed by atoms with van der Waals surface area (Å²) in [6.07, 6.45) is 6.06. The fraction of sp³-hybridized carbons (Fsp3) is 0.222. The first-order chi connectivity index (χ1) is 14.0. The topological polar surface area (TPSA) is 91.1 Å². The number of halogens is 1. The fourth-order valence-corrected chi connectivity index (χ4v) is 3.62. The Bertz CT molecular complexity index is 1210. The Hall–Kier alpha value is -3.47. The van der Waals surface area contributed by atoms with Gasteiger partial charge in [-0.05, 0) is 31.5 Å². The average molecular weight is 411 g/mol. The van der Waals surface area contributed by atoms with Crippen LogP contribution in [0.25, 0.3) is 17.1 Å². The largest absolute Gasteiger partial charge is 0.255 e. The van der Waals surface area contributed by atoms with Crippen LogP contribution in [0.3, 0.4) is 0 Å². The number of aryl methyl sites for hydroxylation is 1. The predicted molar refractivity (Wildman–Crippen MR) is 107 cm³/mol. The van der Waals surface area contributed by atoms with Gasteiger partial charge in [0, 0.05) is 18.5 Å². The summed E-state index contributed by atoms with van der Waals surface area (Å²) in [6.45, 7) is 3.99. The van der Waals surface area contributed by atoms with Gasteiger partial charge in [0.15, 0.2) is 0 Å². The summed E-state index contributed by atoms with van der Waals surface area (Å²) in [5, 5.41) is 18.4. The maximum atomic E-state index is 14.5. The molecule has 3 heterocycles. The number of rotatable bonds is 5. The Morgan fingerprint density at radius 2 is 2.10 bits per heavy atom. The Kier molecular flexibility index (Phi) is 5.12. The lowest BCUT2D eigenvalue weighted by atomic mass is 10.2. The van der Waals surface area contributed by atoms with Crippen LogP contribution in [0.1, 0.15) is 19.4 Å². The molecule has 0 saturated carbocycles. The van der Waals surface area contributed by atoms with Crippen LogP contribution in [-0.4, -0.2) is 46.7 Å². The van der Waals surface area contributed by atoms with E-state index in [1.54, 1.807) is 33.9 Å². The molecular formula is C18H18FN9S. The Morgan fingerprint density at radius 1 is 1.24 bits per heavy atom. The lowest BCUT2D eigenvalue weighted by molar-refractivity contribution is 0.610. The minimum absolute atomic E-state index is 0.104. The van der Waals surface area contributed by atoms with Gasteiger partial charge in [0.1, 0.15) is 35.5 Å². The van der Waals surface area contributed by atoms with E-state index in [4.69, 9.17) is 0 Å². The zero-order valence-corrected chi connectivity index (χ0v) is 16.8. The van der Waals surface area contributed by atoms with E-state index in [1.165, 1.54) is 34.7 Å². The molecule has 3 aromatic heterocycles. The minimum atomic E-state index is -0.419. The van der Waals surface area contributed by atoms with Crippen molar-refractivity contribution >= 4 is 17.6 Å². The summed E-state index contributed by atoms with van der Waals surface area (Å²) in [6, 6.07) is 4.90. The zero-order valence-electron chi connectivity index (χ0n) is 16.0. The molecule has 29 heavy (non-hydrogen) atoms. The quantitative estimate of drug-likeness (QED) is 0.471. The first-order valence-corrected chi connectivity index (χ1v) is 9.69. The van der Waals surface area contributed by atoms with E-state index in [0.29, 0.717) is 11.3 Å². The number of hydrogen-bond donors (Lipinski definition) is 0. The molecule has 0 saturated heterocycles. The molecule has 0 N–H and O–H groups in total. The second-order valence-corrected chi connectivity index (χ2v) is 7.31. The maximum Gasteiger partial charge on any atom is 0.206 e. The van der Waals surface area contributed by atoms with E-state index >= 15 is 0 Å². The highest BCUT2D eigenvalue weighted by molar-refractivity contribution is 7.07. The van der Waals surface area contributed by atoms with Gasteiger partial charge in [-0.15, -0.1) is 16.4 Å². The standard InChI is InChI=1S/C18H18FN9S/c1-12(2)24-18-28(17(9-29-18)16-8-21-25-26(16)3)22-7-13-4-5-15(14(19)6-13)27-11-20-10-23-27/h4-12H,1-3H3/b22-7+,24-18?. The van der Waals surface area contributed by atoms with E-state index in [1.807, 2.05) is 26.3 Å². The van der Waals surface area contributed by atoms with Crippen molar-refractivity contribution < 1.29 is 4.39 Å². The van der Waals surface area contributed by atoms with Crippen LogP contribution in [0.4, 0.5) is 4.39 Å². The number of hydrogen-bond acceptors (Lipinski definition) is 7. The average Bonchev–Trinajstić information content (AvgIpc) is 3.41. The van der Waals surface area contributed by atoms with E-state index in [0.717, 1.165) is 16.2 Å². The molecular weight excluding hydrogens is 393 g/mol. The summed E-state index contributed by atoms with van der Waals surface area (Å²) in [5.74, 6) is -0.419. The Morgan fingerprint density at radius 3 is 2.76 bits per heavy atom. The number of benzene rings is 1.